The van der Waals surface area contributed by atoms with Crippen molar-refractivity contribution in [1.29, 1.82) is 0 Å². The second kappa shape index (κ2) is 7.41. The third-order valence-corrected chi connectivity index (χ3v) is 6.91. The number of benzene rings is 2. The van der Waals surface area contributed by atoms with E-state index in [4.69, 9.17) is 10.3 Å². The number of aromatic hydroxyl groups is 2. The highest BCUT2D eigenvalue weighted by Gasteiger charge is 2.57. The molecule has 2 aromatic carbocycles. The molecule has 0 saturated heterocycles. The van der Waals surface area contributed by atoms with Crippen LogP contribution in [0.2, 0.25) is 0 Å². The third kappa shape index (κ3) is 2.99. The van der Waals surface area contributed by atoms with Crippen molar-refractivity contribution in [3.63, 3.8) is 0 Å². The fourth-order valence-electron chi connectivity index (χ4n) is 5.06. The summed E-state index contributed by atoms with van der Waals surface area (Å²) in [5.74, 6) is -5.82. The van der Waals surface area contributed by atoms with E-state index in [2.05, 4.69) is 5.16 Å². The van der Waals surface area contributed by atoms with Gasteiger partial charge >= 0.3 is 0 Å². The van der Waals surface area contributed by atoms with E-state index in [0.29, 0.717) is 28.0 Å². The van der Waals surface area contributed by atoms with Gasteiger partial charge < -0.3 is 30.7 Å². The van der Waals surface area contributed by atoms with E-state index in [1.54, 1.807) is 18.2 Å². The molecule has 2 atom stereocenters. The summed E-state index contributed by atoms with van der Waals surface area (Å²) >= 11 is 0. The summed E-state index contributed by atoms with van der Waals surface area (Å²) < 4.78 is 5.48. The number of hydrogen-bond acceptors (Lipinski definition) is 9. The van der Waals surface area contributed by atoms with Crippen LogP contribution in [0.25, 0.3) is 22.1 Å². The van der Waals surface area contributed by atoms with Crippen molar-refractivity contribution in [3.05, 3.63) is 52.4 Å². The largest absolute Gasteiger partial charge is 0.508 e. The van der Waals surface area contributed by atoms with Gasteiger partial charge in [0, 0.05) is 29.4 Å². The Bertz CT molecular complexity index is 1500. The van der Waals surface area contributed by atoms with Gasteiger partial charge in [-0.05, 0) is 36.1 Å². The predicted octanol–water partition coefficient (Wildman–Crippen LogP) is 2.39. The Morgan fingerprint density at radius 1 is 1.17 bits per heavy atom. The number of aliphatic hydroxyl groups excluding tert-OH is 1. The van der Waals surface area contributed by atoms with Crippen LogP contribution in [0.4, 0.5) is 0 Å². The lowest BCUT2D eigenvalue weighted by Crippen LogP contribution is -2.56. The van der Waals surface area contributed by atoms with E-state index in [1.165, 1.54) is 6.07 Å². The molecule has 2 unspecified atom stereocenters. The molecule has 1 heterocycles. The maximum absolute atomic E-state index is 13.5. The molecule has 10 heteroatoms. The van der Waals surface area contributed by atoms with E-state index >= 15 is 0 Å². The Morgan fingerprint density at radius 3 is 2.51 bits per heavy atom. The molecule has 35 heavy (non-hydrogen) atoms. The summed E-state index contributed by atoms with van der Waals surface area (Å²) in [6.07, 6.45) is -0.485. The van der Waals surface area contributed by atoms with Gasteiger partial charge in [-0.25, -0.2) is 0 Å². The van der Waals surface area contributed by atoms with Gasteiger partial charge in [-0.15, -0.1) is 0 Å². The summed E-state index contributed by atoms with van der Waals surface area (Å²) in [5.41, 5.74) is 2.91. The number of primary amides is 1. The Kier molecular flexibility index (Phi) is 4.78. The zero-order chi connectivity index (χ0) is 25.4. The second-order valence-electron chi connectivity index (χ2n) is 9.30. The van der Waals surface area contributed by atoms with Gasteiger partial charge in [0.05, 0.1) is 16.6 Å². The number of carbonyl (C=O) groups excluding carboxylic acids is 3. The molecule has 5 rings (SSSR count). The van der Waals surface area contributed by atoms with Crippen LogP contribution in [0, 0.1) is 5.92 Å². The van der Waals surface area contributed by atoms with Gasteiger partial charge in [0.2, 0.25) is 5.78 Å². The molecule has 2 aliphatic carbocycles. The highest BCUT2D eigenvalue weighted by Crippen LogP contribution is 2.50. The molecule has 10 nitrogen and oxygen atoms in total. The quantitative estimate of drug-likeness (QED) is 0.353. The molecular weight excluding hydrogens is 456 g/mol. The number of Topliss-reactive ketones (excluding diaryl/α,β-unsaturated/α-hetero) is 2. The predicted molar refractivity (Wildman–Crippen MR) is 122 cm³/mol. The molecule has 0 spiro atoms. The Hall–Kier alpha value is -4.18. The topological polar surface area (TPSA) is 184 Å². The molecule has 0 aliphatic heterocycles. The minimum atomic E-state index is -2.62. The first-order valence-electron chi connectivity index (χ1n) is 11.0. The molecule has 0 fully saturated rings. The highest BCUT2D eigenvalue weighted by molar-refractivity contribution is 6.23. The number of nitrogens with zero attached hydrogens (tertiary/aromatic N) is 1. The number of phenolic OH excluding ortho intramolecular Hbond substituents is 2. The summed E-state index contributed by atoms with van der Waals surface area (Å²) in [6, 6.07) is 6.23. The van der Waals surface area contributed by atoms with E-state index < -0.39 is 52.5 Å². The number of aliphatic hydroxyl groups is 2. The first-order valence-corrected chi connectivity index (χ1v) is 11.0. The zero-order valence-corrected chi connectivity index (χ0v) is 18.8. The van der Waals surface area contributed by atoms with Crippen molar-refractivity contribution >= 4 is 28.2 Å². The Morgan fingerprint density at radius 2 is 1.89 bits per heavy atom. The molecule has 3 aromatic rings. The van der Waals surface area contributed by atoms with E-state index in [0.717, 1.165) is 0 Å². The number of nitrogens with two attached hydrogens (primary N) is 1. The molecular formula is C25H22N2O8. The third-order valence-electron chi connectivity index (χ3n) is 6.91. The summed E-state index contributed by atoms with van der Waals surface area (Å²) in [4.78, 5) is 37.6. The maximum Gasteiger partial charge on any atom is 0.255 e. The van der Waals surface area contributed by atoms with Crippen molar-refractivity contribution < 1.29 is 39.3 Å². The van der Waals surface area contributed by atoms with Crippen molar-refractivity contribution in [2.24, 2.45) is 11.7 Å². The number of phenols is 2. The van der Waals surface area contributed by atoms with Crippen molar-refractivity contribution in [2.75, 3.05) is 0 Å². The number of aromatic nitrogens is 1. The first-order chi connectivity index (χ1) is 16.5. The Labute approximate surface area is 198 Å². The smallest absolute Gasteiger partial charge is 0.255 e. The molecule has 0 radical (unpaired) electrons. The van der Waals surface area contributed by atoms with Crippen LogP contribution >= 0.6 is 0 Å². The van der Waals surface area contributed by atoms with Crippen LogP contribution in [-0.4, -0.2) is 48.7 Å². The summed E-state index contributed by atoms with van der Waals surface area (Å²) in [7, 11) is 0. The van der Waals surface area contributed by atoms with Gasteiger partial charge in [0.1, 0.15) is 22.8 Å². The molecule has 180 valence electrons. The van der Waals surface area contributed by atoms with Crippen LogP contribution in [0.5, 0.6) is 11.5 Å². The SMILES string of the molecule is CC(C)c1cc(-c2ccc(O)c3c(O)c4c(cc23)CC2CC(=O)C(C(N)=O)=C(O)C2(O)C4=O)on1. The van der Waals surface area contributed by atoms with Crippen molar-refractivity contribution in [1.82, 2.24) is 5.16 Å². The minimum Gasteiger partial charge on any atom is -0.508 e. The fraction of sp³-hybridized carbons (Fsp3) is 0.280. The lowest BCUT2D eigenvalue weighted by molar-refractivity contribution is -0.125. The fourth-order valence-corrected chi connectivity index (χ4v) is 5.06. The summed E-state index contributed by atoms with van der Waals surface area (Å²) in [6.45, 7) is 3.90. The highest BCUT2D eigenvalue weighted by atomic mass is 16.5. The minimum absolute atomic E-state index is 0.0652. The Balaban J connectivity index is 1.76. The van der Waals surface area contributed by atoms with E-state index in [-0.39, 0.29) is 29.0 Å². The van der Waals surface area contributed by atoms with Crippen molar-refractivity contribution in [2.45, 2.75) is 38.2 Å². The standard InChI is InChI=1S/C25H22N2O8/c1-9(2)14-8-17(35-27-14)12-3-4-15(28)19-13(12)6-10-5-11-7-16(29)20(24(26)33)23(32)25(11,34)22(31)18(10)21(19)30/h3-4,6,8-9,11,28,30,32,34H,5,7H2,1-2H3,(H2,26,33). The molecule has 6 N–H and O–H groups in total. The number of fused-ring (bicyclic) bond motifs is 3. The first kappa shape index (κ1) is 22.6. The van der Waals surface area contributed by atoms with Gasteiger partial charge in [0.15, 0.2) is 17.1 Å². The molecule has 0 saturated carbocycles. The van der Waals surface area contributed by atoms with Crippen molar-refractivity contribution in [3.8, 4) is 22.8 Å². The van der Waals surface area contributed by atoms with Gasteiger partial charge in [-0.2, -0.15) is 0 Å². The monoisotopic (exact) mass is 478 g/mol. The molecule has 2 aliphatic rings. The average molecular weight is 478 g/mol. The second-order valence-corrected chi connectivity index (χ2v) is 9.30. The molecule has 1 aromatic heterocycles. The molecule has 1 amide bonds. The number of hydrogen-bond donors (Lipinski definition) is 5. The number of carbonyl (C=O) groups is 3. The van der Waals surface area contributed by atoms with E-state index in [9.17, 15) is 34.8 Å². The van der Waals surface area contributed by atoms with Crippen LogP contribution in [0.15, 0.2) is 40.1 Å². The van der Waals surface area contributed by atoms with Gasteiger partial charge in [0.25, 0.3) is 5.91 Å². The number of amides is 1. The average Bonchev–Trinajstić information content (AvgIpc) is 3.26. The van der Waals surface area contributed by atoms with Crippen LogP contribution in [0.3, 0.4) is 0 Å². The molecule has 0 bridgehead atoms. The van der Waals surface area contributed by atoms with Crippen LogP contribution in [0.1, 0.15) is 47.8 Å². The number of ketones is 2. The van der Waals surface area contributed by atoms with Gasteiger partial charge in [-0.1, -0.05) is 19.0 Å². The lowest BCUT2D eigenvalue weighted by Gasteiger charge is -2.41. The van der Waals surface area contributed by atoms with Crippen LogP contribution in [-0.2, 0) is 16.0 Å². The van der Waals surface area contributed by atoms with Crippen LogP contribution < -0.4 is 5.73 Å². The lowest BCUT2D eigenvalue weighted by atomic mass is 9.64. The zero-order valence-electron chi connectivity index (χ0n) is 18.8. The normalized spacial score (nSPS) is 22.0. The van der Waals surface area contributed by atoms with Gasteiger partial charge in [-0.3, -0.25) is 14.4 Å². The summed E-state index contributed by atoms with van der Waals surface area (Å²) in [5, 5.41) is 47.9. The van der Waals surface area contributed by atoms with E-state index in [1.807, 2.05) is 13.8 Å². The number of rotatable bonds is 3. The maximum atomic E-state index is 13.5.